The molecule has 2 aromatic carbocycles. The minimum Gasteiger partial charge on any atom is -0.391 e. The van der Waals surface area contributed by atoms with Crippen LogP contribution in [0, 0.1) is 0 Å². The van der Waals surface area contributed by atoms with Gasteiger partial charge in [0.05, 0.1) is 4.90 Å². The van der Waals surface area contributed by atoms with Gasteiger partial charge in [-0.05, 0) is 42.0 Å². The molecule has 0 saturated carbocycles. The van der Waals surface area contributed by atoms with E-state index in [9.17, 15) is 13.2 Å². The van der Waals surface area contributed by atoms with Crippen molar-refractivity contribution in [1.82, 2.24) is 4.98 Å². The summed E-state index contributed by atoms with van der Waals surface area (Å²) in [6.45, 7) is 1.54. The van der Waals surface area contributed by atoms with Crippen molar-refractivity contribution in [1.29, 1.82) is 0 Å². The van der Waals surface area contributed by atoms with Crippen molar-refractivity contribution in [2.24, 2.45) is 5.16 Å². The molecule has 30 heavy (non-hydrogen) atoms. The summed E-state index contributed by atoms with van der Waals surface area (Å²) in [5.74, 6) is -0.609. The minimum atomic E-state index is -3.71. The molecule has 156 valence electrons. The SMILES string of the molecule is CC(=O)Nc1ccc(S(=O)(=O)C/C(=N/OCc2ccc(Cl)cc2)c2nccs2)cc1. The van der Waals surface area contributed by atoms with Gasteiger partial charge in [-0.25, -0.2) is 13.4 Å². The molecule has 3 rings (SSSR count). The highest BCUT2D eigenvalue weighted by Gasteiger charge is 2.21. The highest BCUT2D eigenvalue weighted by molar-refractivity contribution is 7.92. The van der Waals surface area contributed by atoms with Gasteiger partial charge in [0, 0.05) is 29.2 Å². The molecule has 10 heteroatoms. The summed E-state index contributed by atoms with van der Waals surface area (Å²) in [5, 5.41) is 9.46. The van der Waals surface area contributed by atoms with Crippen LogP contribution in [0.15, 0.2) is 70.2 Å². The summed E-state index contributed by atoms with van der Waals surface area (Å²) in [6, 6.07) is 13.0. The molecule has 0 saturated heterocycles. The van der Waals surface area contributed by atoms with Crippen molar-refractivity contribution in [2.75, 3.05) is 11.1 Å². The fourth-order valence-electron chi connectivity index (χ4n) is 2.47. The van der Waals surface area contributed by atoms with E-state index >= 15 is 0 Å². The Morgan fingerprint density at radius 2 is 1.87 bits per heavy atom. The van der Waals surface area contributed by atoms with Gasteiger partial charge < -0.3 is 10.2 Å². The normalized spacial score (nSPS) is 11.9. The Bertz CT molecular complexity index is 1130. The lowest BCUT2D eigenvalue weighted by Crippen LogP contribution is -2.18. The van der Waals surface area contributed by atoms with Crippen LogP contribution in [0.5, 0.6) is 0 Å². The zero-order chi connectivity index (χ0) is 21.6. The molecular formula is C20H18ClN3O4S2. The molecule has 3 aromatic rings. The number of nitrogens with one attached hydrogen (secondary N) is 1. The van der Waals surface area contributed by atoms with Crippen molar-refractivity contribution in [3.63, 3.8) is 0 Å². The number of sulfone groups is 1. The van der Waals surface area contributed by atoms with E-state index in [1.807, 2.05) is 0 Å². The number of thiazole rings is 1. The quantitative estimate of drug-likeness (QED) is 0.399. The van der Waals surface area contributed by atoms with E-state index < -0.39 is 9.84 Å². The maximum Gasteiger partial charge on any atom is 0.221 e. The van der Waals surface area contributed by atoms with Gasteiger partial charge in [0.1, 0.15) is 23.1 Å². The Kier molecular flexibility index (Phi) is 7.20. The summed E-state index contributed by atoms with van der Waals surface area (Å²) in [5.41, 5.74) is 1.57. The highest BCUT2D eigenvalue weighted by Crippen LogP contribution is 2.18. The van der Waals surface area contributed by atoms with E-state index in [2.05, 4.69) is 15.5 Å². The number of rotatable bonds is 8. The zero-order valence-electron chi connectivity index (χ0n) is 15.9. The molecule has 0 unspecified atom stereocenters. The largest absolute Gasteiger partial charge is 0.391 e. The first-order valence-electron chi connectivity index (χ1n) is 8.77. The second-order valence-corrected chi connectivity index (χ2v) is 9.56. The zero-order valence-corrected chi connectivity index (χ0v) is 18.3. The van der Waals surface area contributed by atoms with E-state index in [1.165, 1.54) is 42.5 Å². The van der Waals surface area contributed by atoms with E-state index in [0.717, 1.165) is 5.56 Å². The number of oxime groups is 1. The Morgan fingerprint density at radius 3 is 2.47 bits per heavy atom. The smallest absolute Gasteiger partial charge is 0.221 e. The third-order valence-corrected chi connectivity index (χ3v) is 6.58. The van der Waals surface area contributed by atoms with Gasteiger partial charge in [-0.3, -0.25) is 4.79 Å². The first-order valence-corrected chi connectivity index (χ1v) is 11.7. The molecule has 1 aromatic heterocycles. The maximum atomic E-state index is 12.9. The third kappa shape index (κ3) is 6.12. The highest BCUT2D eigenvalue weighted by atomic mass is 35.5. The maximum absolute atomic E-state index is 12.9. The second-order valence-electron chi connectivity index (χ2n) is 6.24. The standard InChI is InChI=1S/C20H18ClN3O4S2/c1-14(25)23-17-6-8-18(9-7-17)30(26,27)13-19(20-22-10-11-29-20)24-28-12-15-2-4-16(21)5-3-15/h2-11H,12-13H2,1H3,(H,23,25)/b24-19-. The van der Waals surface area contributed by atoms with Crippen molar-refractivity contribution >= 4 is 50.1 Å². The molecule has 7 nitrogen and oxygen atoms in total. The minimum absolute atomic E-state index is 0.110. The molecule has 0 bridgehead atoms. The number of hydrogen-bond acceptors (Lipinski definition) is 7. The second kappa shape index (κ2) is 9.84. The summed E-state index contributed by atoms with van der Waals surface area (Å²) in [6.07, 6.45) is 1.57. The lowest BCUT2D eigenvalue weighted by Gasteiger charge is -2.08. The molecule has 0 atom stereocenters. The van der Waals surface area contributed by atoms with Crippen LogP contribution < -0.4 is 5.32 Å². The Labute approximate surface area is 183 Å². The van der Waals surface area contributed by atoms with Crippen molar-refractivity contribution < 1.29 is 18.0 Å². The lowest BCUT2D eigenvalue weighted by molar-refractivity contribution is -0.114. The van der Waals surface area contributed by atoms with E-state index in [1.54, 1.807) is 35.8 Å². The molecule has 0 aliphatic rings. The van der Waals surface area contributed by atoms with Gasteiger partial charge in [-0.15, -0.1) is 11.3 Å². The summed E-state index contributed by atoms with van der Waals surface area (Å²) in [7, 11) is -3.71. The van der Waals surface area contributed by atoms with Crippen LogP contribution in [0.1, 0.15) is 17.5 Å². The van der Waals surface area contributed by atoms with Gasteiger partial charge in [0.2, 0.25) is 5.91 Å². The molecule has 0 radical (unpaired) electrons. The number of hydrogen-bond donors (Lipinski definition) is 1. The van der Waals surface area contributed by atoms with Gasteiger partial charge in [0.15, 0.2) is 9.84 Å². The van der Waals surface area contributed by atoms with Crippen molar-refractivity contribution in [3.8, 4) is 0 Å². The lowest BCUT2D eigenvalue weighted by atomic mass is 10.2. The number of benzene rings is 2. The van der Waals surface area contributed by atoms with Crippen LogP contribution in [0.2, 0.25) is 5.02 Å². The fraction of sp³-hybridized carbons (Fsp3) is 0.150. The molecule has 1 heterocycles. The monoisotopic (exact) mass is 463 g/mol. The van der Waals surface area contributed by atoms with Gasteiger partial charge >= 0.3 is 0 Å². The number of anilines is 1. The van der Waals surface area contributed by atoms with Crippen LogP contribution in [0.25, 0.3) is 0 Å². The number of carbonyl (C=O) groups excluding carboxylic acids is 1. The molecule has 1 N–H and O–H groups in total. The van der Waals surface area contributed by atoms with Crippen LogP contribution >= 0.6 is 22.9 Å². The summed E-state index contributed by atoms with van der Waals surface area (Å²) < 4.78 is 25.8. The van der Waals surface area contributed by atoms with Crippen LogP contribution in [0.3, 0.4) is 0 Å². The fourth-order valence-corrected chi connectivity index (χ4v) is 4.57. The van der Waals surface area contributed by atoms with Crippen LogP contribution in [-0.4, -0.2) is 30.8 Å². The summed E-state index contributed by atoms with van der Waals surface area (Å²) in [4.78, 5) is 20.8. The molecule has 0 aliphatic heterocycles. The predicted octanol–water partition coefficient (Wildman–Crippen LogP) is 4.15. The van der Waals surface area contributed by atoms with Crippen LogP contribution in [-0.2, 0) is 26.1 Å². The molecular weight excluding hydrogens is 446 g/mol. The topological polar surface area (TPSA) is 97.7 Å². The Balaban J connectivity index is 1.77. The van der Waals surface area contributed by atoms with Gasteiger partial charge in [0.25, 0.3) is 0 Å². The number of halogens is 1. The number of aromatic nitrogens is 1. The van der Waals surface area contributed by atoms with Crippen LogP contribution in [0.4, 0.5) is 5.69 Å². The van der Waals surface area contributed by atoms with Gasteiger partial charge in [-0.1, -0.05) is 28.9 Å². The van der Waals surface area contributed by atoms with E-state index in [4.69, 9.17) is 16.4 Å². The molecule has 0 fully saturated rings. The molecule has 0 aliphatic carbocycles. The van der Waals surface area contributed by atoms with E-state index in [-0.39, 0.29) is 28.9 Å². The first-order chi connectivity index (χ1) is 14.3. The average molecular weight is 464 g/mol. The molecule has 0 spiro atoms. The Hall–Kier alpha value is -2.75. The first kappa shape index (κ1) is 21.9. The number of amides is 1. The Morgan fingerprint density at radius 1 is 1.17 bits per heavy atom. The summed E-state index contributed by atoms with van der Waals surface area (Å²) >= 11 is 7.14. The predicted molar refractivity (Wildman–Crippen MR) is 118 cm³/mol. The van der Waals surface area contributed by atoms with Crippen molar-refractivity contribution in [3.05, 3.63) is 75.7 Å². The number of carbonyl (C=O) groups is 1. The number of nitrogens with zero attached hydrogens (tertiary/aromatic N) is 2. The molecule has 1 amide bonds. The van der Waals surface area contributed by atoms with Gasteiger partial charge in [-0.2, -0.15) is 0 Å². The van der Waals surface area contributed by atoms with Crippen molar-refractivity contribution in [2.45, 2.75) is 18.4 Å². The average Bonchev–Trinajstić information content (AvgIpc) is 3.23. The van der Waals surface area contributed by atoms with E-state index in [0.29, 0.717) is 15.7 Å². The third-order valence-electron chi connectivity index (χ3n) is 3.86.